The normalized spacial score (nSPS) is 9.12. The van der Waals surface area contributed by atoms with E-state index in [9.17, 15) is 0 Å². The van der Waals surface area contributed by atoms with Gasteiger partial charge in [0.15, 0.2) is 0 Å². The van der Waals surface area contributed by atoms with Crippen molar-refractivity contribution in [2.24, 2.45) is 5.73 Å². The molecule has 0 radical (unpaired) electrons. The van der Waals surface area contributed by atoms with E-state index in [2.05, 4.69) is 4.98 Å². The predicted octanol–water partition coefficient (Wildman–Crippen LogP) is 1.91. The van der Waals surface area contributed by atoms with Gasteiger partial charge in [-0.15, -0.1) is 11.3 Å². The highest BCUT2D eigenvalue weighted by molar-refractivity contribution is 7.10. The van der Waals surface area contributed by atoms with Gasteiger partial charge in [-0.3, -0.25) is 0 Å². The van der Waals surface area contributed by atoms with Gasteiger partial charge in [0.1, 0.15) is 5.01 Å². The van der Waals surface area contributed by atoms with Gasteiger partial charge in [0, 0.05) is 11.6 Å². The van der Waals surface area contributed by atoms with E-state index in [0.717, 1.165) is 10.7 Å². The third kappa shape index (κ3) is 16.4. The molecule has 96 valence electrons. The summed E-state index contributed by atoms with van der Waals surface area (Å²) in [5, 5.41) is 30.7. The maximum Gasteiger partial charge on any atom is 0.503 e. The molecule has 0 saturated carbocycles. The summed E-state index contributed by atoms with van der Waals surface area (Å²) in [5.41, 5.74) is 6.30. The van der Waals surface area contributed by atoms with Crippen LogP contribution >= 0.6 is 11.3 Å². The highest BCUT2D eigenvalue weighted by Crippen LogP contribution is 2.10. The van der Waals surface area contributed by atoms with Gasteiger partial charge in [-0.1, -0.05) is 6.08 Å². The average Bonchev–Trinajstić information content (AvgIpc) is 2.67. The molecule has 0 aliphatic heterocycles. The Hall–Kier alpha value is -2.29. The molecule has 1 heterocycles. The third-order valence-corrected chi connectivity index (χ3v) is 1.81. The molecule has 17 heavy (non-hydrogen) atoms. The molecule has 0 fully saturated rings. The Balaban J connectivity index is 0. The van der Waals surface area contributed by atoms with Crippen LogP contribution in [0.25, 0.3) is 5.70 Å². The molecule has 0 aliphatic carbocycles. The number of hydrogen-bond acceptors (Lipinski definition) is 5. The first-order valence-electron chi connectivity index (χ1n) is 3.96. The number of aromatic nitrogens is 1. The number of carboxylic acid groups (broad SMARTS) is 4. The van der Waals surface area contributed by atoms with Crippen LogP contribution in [0.15, 0.2) is 17.7 Å². The SMILES string of the molecule is CC=C(N)c1nccs1.O=C(O)O.O=C(O)O. The summed E-state index contributed by atoms with van der Waals surface area (Å²) < 4.78 is 0. The van der Waals surface area contributed by atoms with Crippen LogP contribution in [-0.4, -0.2) is 37.7 Å². The molecule has 1 aromatic heterocycles. The lowest BCUT2D eigenvalue weighted by molar-refractivity contribution is 0.135. The Labute approximate surface area is 100 Å². The fourth-order valence-electron chi connectivity index (χ4n) is 0.489. The van der Waals surface area contributed by atoms with E-state index in [0.29, 0.717) is 0 Å². The molecule has 0 unspecified atom stereocenters. The van der Waals surface area contributed by atoms with E-state index < -0.39 is 12.3 Å². The zero-order valence-corrected chi connectivity index (χ0v) is 9.59. The van der Waals surface area contributed by atoms with Crippen molar-refractivity contribution in [3.8, 4) is 0 Å². The minimum atomic E-state index is -1.83. The molecule has 0 amide bonds. The Morgan fingerprint density at radius 2 is 1.71 bits per heavy atom. The lowest BCUT2D eigenvalue weighted by Crippen LogP contribution is -1.93. The number of hydrogen-bond donors (Lipinski definition) is 5. The van der Waals surface area contributed by atoms with Crippen molar-refractivity contribution in [3.05, 3.63) is 22.7 Å². The van der Waals surface area contributed by atoms with Crippen molar-refractivity contribution in [2.75, 3.05) is 0 Å². The molecule has 0 aromatic carbocycles. The number of thiazole rings is 1. The minimum absolute atomic E-state index is 0.755. The zero-order chi connectivity index (χ0) is 13.8. The molecule has 0 spiro atoms. The van der Waals surface area contributed by atoms with Gasteiger partial charge >= 0.3 is 12.3 Å². The number of nitrogens with zero attached hydrogens (tertiary/aromatic N) is 1. The average molecular weight is 264 g/mol. The van der Waals surface area contributed by atoms with Crippen molar-refractivity contribution < 1.29 is 30.0 Å². The quantitative estimate of drug-likeness (QED) is 0.515. The van der Waals surface area contributed by atoms with Gasteiger partial charge in [-0.25, -0.2) is 14.6 Å². The first-order chi connectivity index (χ1) is 7.81. The number of carbonyl (C=O) groups is 2. The lowest BCUT2D eigenvalue weighted by atomic mass is 10.4. The molecule has 0 atom stereocenters. The summed E-state index contributed by atoms with van der Waals surface area (Å²) in [6, 6.07) is 0. The van der Waals surface area contributed by atoms with Gasteiger partial charge in [-0.2, -0.15) is 0 Å². The first kappa shape index (κ1) is 17.1. The molecule has 6 N–H and O–H groups in total. The van der Waals surface area contributed by atoms with E-state index >= 15 is 0 Å². The van der Waals surface area contributed by atoms with Crippen LogP contribution < -0.4 is 5.73 Å². The maximum atomic E-state index is 8.56. The summed E-state index contributed by atoms with van der Waals surface area (Å²) in [7, 11) is 0. The van der Waals surface area contributed by atoms with Crippen LogP contribution in [0.2, 0.25) is 0 Å². The highest BCUT2D eigenvalue weighted by Gasteiger charge is 1.94. The second-order valence-corrected chi connectivity index (χ2v) is 3.04. The molecule has 1 rings (SSSR count). The van der Waals surface area contributed by atoms with Crippen LogP contribution in [0.5, 0.6) is 0 Å². The zero-order valence-electron chi connectivity index (χ0n) is 8.77. The summed E-state index contributed by atoms with van der Waals surface area (Å²) in [5.74, 6) is 0. The molecular weight excluding hydrogens is 252 g/mol. The smallest absolute Gasteiger partial charge is 0.450 e. The van der Waals surface area contributed by atoms with Gasteiger partial charge in [-0.05, 0) is 6.92 Å². The van der Waals surface area contributed by atoms with Gasteiger partial charge in [0.05, 0.1) is 5.70 Å². The summed E-state index contributed by atoms with van der Waals surface area (Å²) >= 11 is 1.55. The van der Waals surface area contributed by atoms with Crippen LogP contribution in [-0.2, 0) is 0 Å². The maximum absolute atomic E-state index is 8.56. The molecule has 1 aromatic rings. The van der Waals surface area contributed by atoms with E-state index in [1.165, 1.54) is 0 Å². The molecule has 0 saturated heterocycles. The van der Waals surface area contributed by atoms with E-state index in [1.54, 1.807) is 17.5 Å². The number of nitrogens with two attached hydrogens (primary N) is 1. The second kappa shape index (κ2) is 10.2. The van der Waals surface area contributed by atoms with Crippen LogP contribution in [0, 0.1) is 0 Å². The predicted molar refractivity (Wildman–Crippen MR) is 61.3 cm³/mol. The number of allylic oxidation sites excluding steroid dienone is 1. The third-order valence-electron chi connectivity index (χ3n) is 0.990. The van der Waals surface area contributed by atoms with Gasteiger partial charge in [0.2, 0.25) is 0 Å². The monoisotopic (exact) mass is 264 g/mol. The lowest BCUT2D eigenvalue weighted by Gasteiger charge is -1.89. The standard InChI is InChI=1S/C6H8N2S.2CH2O3/c1-2-5(7)6-8-3-4-9-6;2*2-1(3)4/h2-4H,7H2,1H3;2*(H2,2,3,4). The molecule has 0 bridgehead atoms. The van der Waals surface area contributed by atoms with Gasteiger partial charge in [0.25, 0.3) is 0 Å². The second-order valence-electron chi connectivity index (χ2n) is 2.15. The van der Waals surface area contributed by atoms with Crippen molar-refractivity contribution in [3.63, 3.8) is 0 Å². The van der Waals surface area contributed by atoms with Gasteiger partial charge < -0.3 is 26.2 Å². The largest absolute Gasteiger partial charge is 0.503 e. The molecule has 9 heteroatoms. The van der Waals surface area contributed by atoms with E-state index in [4.69, 9.17) is 35.7 Å². The van der Waals surface area contributed by atoms with Crippen molar-refractivity contribution in [2.45, 2.75) is 6.92 Å². The van der Waals surface area contributed by atoms with E-state index in [1.807, 2.05) is 18.4 Å². The highest BCUT2D eigenvalue weighted by atomic mass is 32.1. The topological polar surface area (TPSA) is 154 Å². The number of rotatable bonds is 1. The fraction of sp³-hybridized carbons (Fsp3) is 0.125. The van der Waals surface area contributed by atoms with Crippen molar-refractivity contribution >= 4 is 29.3 Å². The fourth-order valence-corrected chi connectivity index (χ4v) is 1.12. The van der Waals surface area contributed by atoms with Crippen molar-refractivity contribution in [1.82, 2.24) is 4.98 Å². The van der Waals surface area contributed by atoms with Crippen LogP contribution in [0.1, 0.15) is 11.9 Å². The summed E-state index contributed by atoms with van der Waals surface area (Å²) in [4.78, 5) is 21.1. The Morgan fingerprint density at radius 1 is 1.29 bits per heavy atom. The van der Waals surface area contributed by atoms with Crippen LogP contribution in [0.3, 0.4) is 0 Å². The molecular formula is C8H12N2O6S. The van der Waals surface area contributed by atoms with Crippen LogP contribution in [0.4, 0.5) is 9.59 Å². The first-order valence-corrected chi connectivity index (χ1v) is 4.84. The Morgan fingerprint density at radius 3 is 1.94 bits per heavy atom. The molecule has 8 nitrogen and oxygen atoms in total. The van der Waals surface area contributed by atoms with Crippen molar-refractivity contribution in [1.29, 1.82) is 0 Å². The summed E-state index contributed by atoms with van der Waals surface area (Å²) in [6.45, 7) is 1.90. The van der Waals surface area contributed by atoms with E-state index in [-0.39, 0.29) is 0 Å². The molecule has 0 aliphatic rings. The Bertz CT molecular complexity index is 342. The minimum Gasteiger partial charge on any atom is -0.450 e. The summed E-state index contributed by atoms with van der Waals surface area (Å²) in [6.07, 6.45) is -0.0742. The Kier molecular flexibility index (Phi) is 10.3.